The molecule has 2 aromatic carbocycles. The molecule has 0 heterocycles. The maximum absolute atomic E-state index is 11.0. The van der Waals surface area contributed by atoms with Crippen LogP contribution < -0.4 is 9.47 Å². The van der Waals surface area contributed by atoms with Crippen molar-refractivity contribution in [3.63, 3.8) is 0 Å². The molecule has 0 aliphatic carbocycles. The minimum atomic E-state index is -0.930. The Balaban J connectivity index is 2.53. The van der Waals surface area contributed by atoms with Crippen molar-refractivity contribution >= 4 is 5.69 Å². The quantitative estimate of drug-likeness (QED) is 0.676. The summed E-state index contributed by atoms with van der Waals surface area (Å²) in [5.41, 5.74) is 1.74. The number of benzene rings is 2. The van der Waals surface area contributed by atoms with Crippen LogP contribution in [-0.2, 0) is 0 Å². The molecule has 0 bridgehead atoms. The van der Waals surface area contributed by atoms with E-state index in [0.717, 1.165) is 11.1 Å². The van der Waals surface area contributed by atoms with Crippen molar-refractivity contribution in [3.05, 3.63) is 52.1 Å². The van der Waals surface area contributed by atoms with Crippen molar-refractivity contribution in [3.8, 4) is 22.6 Å². The number of nitro groups is 1. The molecule has 0 aromatic heterocycles. The predicted octanol–water partition coefficient (Wildman–Crippen LogP) is 3.33. The highest BCUT2D eigenvalue weighted by atomic mass is 16.6. The number of nitrogens with zero attached hydrogens (tertiary/aromatic N) is 1. The van der Waals surface area contributed by atoms with Crippen molar-refractivity contribution in [2.75, 3.05) is 14.2 Å². The van der Waals surface area contributed by atoms with E-state index in [-0.39, 0.29) is 11.3 Å². The maximum Gasteiger partial charge on any atom is 0.275 e. The van der Waals surface area contributed by atoms with Gasteiger partial charge in [-0.15, -0.1) is 0 Å². The lowest BCUT2D eigenvalue weighted by atomic mass is 9.99. The summed E-state index contributed by atoms with van der Waals surface area (Å²) >= 11 is 0. The lowest BCUT2D eigenvalue weighted by Crippen LogP contribution is -1.99. The van der Waals surface area contributed by atoms with E-state index in [4.69, 9.17) is 9.47 Å². The van der Waals surface area contributed by atoms with Gasteiger partial charge in [-0.2, -0.15) is 0 Å². The molecule has 6 heteroatoms. The van der Waals surface area contributed by atoms with Crippen LogP contribution in [0.25, 0.3) is 11.1 Å². The number of ether oxygens (including phenoxy) is 2. The van der Waals surface area contributed by atoms with E-state index < -0.39 is 11.0 Å². The van der Waals surface area contributed by atoms with Crippen molar-refractivity contribution in [2.45, 2.75) is 13.0 Å². The molecule has 0 saturated carbocycles. The molecule has 1 N–H and O–H groups in total. The third kappa shape index (κ3) is 3.01. The lowest BCUT2D eigenvalue weighted by molar-refractivity contribution is -0.386. The van der Waals surface area contributed by atoms with Crippen LogP contribution in [0.1, 0.15) is 18.6 Å². The fourth-order valence-corrected chi connectivity index (χ4v) is 2.25. The van der Waals surface area contributed by atoms with Gasteiger partial charge in [-0.05, 0) is 42.3 Å². The van der Waals surface area contributed by atoms with Gasteiger partial charge in [0.05, 0.1) is 30.8 Å². The molecule has 0 spiro atoms. The number of rotatable bonds is 5. The highest BCUT2D eigenvalue weighted by molar-refractivity contribution is 5.69. The number of nitro benzene ring substituents is 1. The van der Waals surface area contributed by atoms with Crippen LogP contribution in [0.3, 0.4) is 0 Å². The third-order valence-corrected chi connectivity index (χ3v) is 3.39. The average Bonchev–Trinajstić information content (AvgIpc) is 2.53. The van der Waals surface area contributed by atoms with Crippen LogP contribution in [0.4, 0.5) is 5.69 Å². The van der Waals surface area contributed by atoms with Crippen LogP contribution >= 0.6 is 0 Å². The van der Waals surface area contributed by atoms with Gasteiger partial charge in [0, 0.05) is 6.07 Å². The molecule has 22 heavy (non-hydrogen) atoms. The molecule has 1 atom stereocenters. The van der Waals surface area contributed by atoms with E-state index in [1.807, 2.05) is 6.07 Å². The largest absolute Gasteiger partial charge is 0.493 e. The van der Waals surface area contributed by atoms with Crippen LogP contribution in [0.5, 0.6) is 11.5 Å². The summed E-state index contributed by atoms with van der Waals surface area (Å²) < 4.78 is 10.4. The summed E-state index contributed by atoms with van der Waals surface area (Å²) in [6.07, 6.45) is -0.930. The molecule has 2 rings (SSSR count). The fraction of sp³-hybridized carbons (Fsp3) is 0.250. The van der Waals surface area contributed by atoms with Crippen LogP contribution in [-0.4, -0.2) is 24.2 Å². The van der Waals surface area contributed by atoms with Crippen molar-refractivity contribution < 1.29 is 19.5 Å². The molecule has 6 nitrogen and oxygen atoms in total. The Morgan fingerprint density at radius 3 is 2.18 bits per heavy atom. The molecule has 0 aliphatic heterocycles. The Bertz CT molecular complexity index is 697. The zero-order chi connectivity index (χ0) is 16.3. The van der Waals surface area contributed by atoms with Crippen LogP contribution in [0, 0.1) is 10.1 Å². The normalized spacial score (nSPS) is 11.8. The van der Waals surface area contributed by atoms with E-state index in [1.54, 1.807) is 38.5 Å². The first-order valence-corrected chi connectivity index (χ1v) is 6.66. The molecule has 0 saturated heterocycles. The van der Waals surface area contributed by atoms with Crippen molar-refractivity contribution in [1.82, 2.24) is 0 Å². The van der Waals surface area contributed by atoms with Crippen LogP contribution in [0.15, 0.2) is 36.4 Å². The molecule has 0 fully saturated rings. The van der Waals surface area contributed by atoms with Crippen molar-refractivity contribution in [2.24, 2.45) is 0 Å². The number of aliphatic hydroxyl groups excluding tert-OH is 1. The second-order valence-electron chi connectivity index (χ2n) is 4.78. The minimum absolute atomic E-state index is 0.0979. The first-order valence-electron chi connectivity index (χ1n) is 6.66. The number of aliphatic hydroxyl groups is 1. The molecular weight excluding hydrogens is 286 g/mol. The molecule has 1 unspecified atom stereocenters. The van der Waals surface area contributed by atoms with Crippen LogP contribution in [0.2, 0.25) is 0 Å². The molecule has 0 radical (unpaired) electrons. The summed E-state index contributed by atoms with van der Waals surface area (Å²) in [5.74, 6) is 1.17. The Morgan fingerprint density at radius 2 is 1.64 bits per heavy atom. The van der Waals surface area contributed by atoms with Gasteiger partial charge in [0.1, 0.15) is 0 Å². The Hall–Kier alpha value is -2.60. The van der Waals surface area contributed by atoms with Crippen molar-refractivity contribution in [1.29, 1.82) is 0 Å². The number of hydrogen-bond donors (Lipinski definition) is 1. The third-order valence-electron chi connectivity index (χ3n) is 3.39. The van der Waals surface area contributed by atoms with Gasteiger partial charge in [0.15, 0.2) is 11.5 Å². The second-order valence-corrected chi connectivity index (χ2v) is 4.78. The molecule has 0 amide bonds. The monoisotopic (exact) mass is 303 g/mol. The smallest absolute Gasteiger partial charge is 0.275 e. The highest BCUT2D eigenvalue weighted by Gasteiger charge is 2.18. The topological polar surface area (TPSA) is 81.8 Å². The average molecular weight is 303 g/mol. The van der Waals surface area contributed by atoms with Gasteiger partial charge in [-0.3, -0.25) is 10.1 Å². The van der Waals surface area contributed by atoms with Gasteiger partial charge in [-0.25, -0.2) is 0 Å². The predicted molar refractivity (Wildman–Crippen MR) is 82.3 cm³/mol. The van der Waals surface area contributed by atoms with E-state index >= 15 is 0 Å². The summed E-state index contributed by atoms with van der Waals surface area (Å²) in [7, 11) is 3.09. The Morgan fingerprint density at radius 1 is 1.05 bits per heavy atom. The van der Waals surface area contributed by atoms with Gasteiger partial charge in [0.25, 0.3) is 5.69 Å². The second kappa shape index (κ2) is 6.44. The first-order chi connectivity index (χ1) is 10.5. The SMILES string of the molecule is COc1ccc(-c2ccc([N+](=O)[O-])c(C(C)O)c2)cc1OC. The molecule has 2 aromatic rings. The molecule has 0 aliphatic rings. The maximum atomic E-state index is 11.0. The van der Waals surface area contributed by atoms with E-state index in [9.17, 15) is 15.2 Å². The molecular formula is C16H17NO5. The zero-order valence-electron chi connectivity index (χ0n) is 12.6. The summed E-state index contributed by atoms with van der Waals surface area (Å²) in [4.78, 5) is 10.5. The lowest BCUT2D eigenvalue weighted by Gasteiger charge is -2.12. The molecule has 116 valence electrons. The number of methoxy groups -OCH3 is 2. The van der Waals surface area contributed by atoms with Gasteiger partial charge in [-0.1, -0.05) is 6.07 Å². The van der Waals surface area contributed by atoms with E-state index in [2.05, 4.69) is 0 Å². The summed E-state index contributed by atoms with van der Waals surface area (Å²) in [6.45, 7) is 1.50. The number of hydrogen-bond acceptors (Lipinski definition) is 5. The standard InChI is InChI=1S/C16H17NO5/c1-10(18)13-8-11(4-6-14(13)17(19)20)12-5-7-15(21-2)16(9-12)22-3/h4-10,18H,1-3H3. The Kier molecular flexibility index (Phi) is 4.62. The Labute approximate surface area is 128 Å². The van der Waals surface area contributed by atoms with Gasteiger partial charge >= 0.3 is 0 Å². The summed E-state index contributed by atoms with van der Waals surface area (Å²) in [5, 5.41) is 20.8. The van der Waals surface area contributed by atoms with E-state index in [0.29, 0.717) is 11.5 Å². The zero-order valence-corrected chi connectivity index (χ0v) is 12.6. The first kappa shape index (κ1) is 15.8. The van der Waals surface area contributed by atoms with E-state index in [1.165, 1.54) is 13.0 Å². The van der Waals surface area contributed by atoms with Gasteiger partial charge in [0.2, 0.25) is 0 Å². The highest BCUT2D eigenvalue weighted by Crippen LogP contribution is 2.35. The van der Waals surface area contributed by atoms with Gasteiger partial charge < -0.3 is 14.6 Å². The minimum Gasteiger partial charge on any atom is -0.493 e. The summed E-state index contributed by atoms with van der Waals surface area (Å²) in [6, 6.07) is 10.0. The fourth-order valence-electron chi connectivity index (χ4n) is 2.25.